The molecule has 0 aromatic carbocycles. The summed E-state index contributed by atoms with van der Waals surface area (Å²) < 4.78 is 5.88. The van der Waals surface area contributed by atoms with Crippen LogP contribution in [0.25, 0.3) is 0 Å². The molecule has 2 aromatic heterocycles. The average molecular weight is 285 g/mol. The van der Waals surface area contributed by atoms with E-state index in [9.17, 15) is 0 Å². The number of pyridine rings is 1. The Bertz CT molecular complexity index is 604. The molecule has 0 aliphatic carbocycles. The molecule has 0 saturated carbocycles. The summed E-state index contributed by atoms with van der Waals surface area (Å²) in [5.41, 5.74) is 2.97. The fraction of sp³-hybridized carbons (Fsp3) is 0.400. The number of aromatic nitrogens is 3. The summed E-state index contributed by atoms with van der Waals surface area (Å²) in [6.45, 7) is 4.15. The van der Waals surface area contributed by atoms with Crippen LogP contribution in [0.4, 0.5) is 11.6 Å². The first kappa shape index (κ1) is 13.8. The summed E-state index contributed by atoms with van der Waals surface area (Å²) in [4.78, 5) is 15.4. The molecular weight excluding hydrogens is 266 g/mol. The van der Waals surface area contributed by atoms with E-state index in [1.165, 1.54) is 0 Å². The van der Waals surface area contributed by atoms with E-state index in [0.29, 0.717) is 13.2 Å². The van der Waals surface area contributed by atoms with Crippen molar-refractivity contribution in [2.75, 3.05) is 37.0 Å². The monoisotopic (exact) mass is 285 g/mol. The molecule has 1 N–H and O–H groups in total. The van der Waals surface area contributed by atoms with Crippen molar-refractivity contribution in [3.63, 3.8) is 0 Å². The predicted molar refractivity (Wildman–Crippen MR) is 81.5 cm³/mol. The summed E-state index contributed by atoms with van der Waals surface area (Å²) in [7, 11) is 1.91. The number of aryl methyl sites for hydroxylation is 1. The molecule has 1 aliphatic rings. The SMILES string of the molecule is CNc1cc(C)nc([C@H]2CN(c3ncccn3)CCO2)c1. The van der Waals surface area contributed by atoms with Crippen molar-refractivity contribution in [1.82, 2.24) is 15.0 Å². The average Bonchev–Trinajstić information content (AvgIpc) is 2.55. The molecule has 1 atom stereocenters. The number of morpholine rings is 1. The molecule has 21 heavy (non-hydrogen) atoms. The van der Waals surface area contributed by atoms with Crippen LogP contribution in [0.2, 0.25) is 0 Å². The van der Waals surface area contributed by atoms with E-state index in [2.05, 4.69) is 25.2 Å². The van der Waals surface area contributed by atoms with Crippen LogP contribution in [0.15, 0.2) is 30.6 Å². The molecule has 0 spiro atoms. The zero-order valence-corrected chi connectivity index (χ0v) is 12.3. The first-order chi connectivity index (χ1) is 10.3. The van der Waals surface area contributed by atoms with Gasteiger partial charge in [0.2, 0.25) is 5.95 Å². The van der Waals surface area contributed by atoms with Crippen LogP contribution in [0.3, 0.4) is 0 Å². The topological polar surface area (TPSA) is 63.2 Å². The van der Waals surface area contributed by atoms with Crippen LogP contribution in [-0.2, 0) is 4.74 Å². The number of rotatable bonds is 3. The highest BCUT2D eigenvalue weighted by Gasteiger charge is 2.25. The van der Waals surface area contributed by atoms with Crippen molar-refractivity contribution in [2.45, 2.75) is 13.0 Å². The van der Waals surface area contributed by atoms with Gasteiger partial charge in [-0.25, -0.2) is 9.97 Å². The van der Waals surface area contributed by atoms with E-state index in [4.69, 9.17) is 4.74 Å². The molecule has 6 heteroatoms. The smallest absolute Gasteiger partial charge is 0.225 e. The number of ether oxygens (including phenoxy) is 1. The van der Waals surface area contributed by atoms with Gasteiger partial charge in [0.1, 0.15) is 6.10 Å². The molecule has 6 nitrogen and oxygen atoms in total. The fourth-order valence-corrected chi connectivity index (χ4v) is 2.47. The highest BCUT2D eigenvalue weighted by Crippen LogP contribution is 2.25. The van der Waals surface area contributed by atoms with Crippen molar-refractivity contribution < 1.29 is 4.74 Å². The van der Waals surface area contributed by atoms with Crippen molar-refractivity contribution in [1.29, 1.82) is 0 Å². The number of nitrogens with one attached hydrogen (secondary N) is 1. The Morgan fingerprint density at radius 2 is 2.10 bits per heavy atom. The lowest BCUT2D eigenvalue weighted by Crippen LogP contribution is -2.39. The maximum atomic E-state index is 5.88. The normalized spacial score (nSPS) is 18.6. The number of hydrogen-bond acceptors (Lipinski definition) is 6. The first-order valence-corrected chi connectivity index (χ1v) is 7.06. The quantitative estimate of drug-likeness (QED) is 0.928. The molecule has 0 bridgehead atoms. The Morgan fingerprint density at radius 1 is 1.29 bits per heavy atom. The van der Waals surface area contributed by atoms with Crippen molar-refractivity contribution >= 4 is 11.6 Å². The third-order valence-corrected chi connectivity index (χ3v) is 3.49. The fourth-order valence-electron chi connectivity index (χ4n) is 2.47. The molecule has 2 aromatic rings. The van der Waals surface area contributed by atoms with Crippen LogP contribution in [0.1, 0.15) is 17.5 Å². The highest BCUT2D eigenvalue weighted by molar-refractivity contribution is 5.45. The van der Waals surface area contributed by atoms with E-state index in [0.717, 1.165) is 29.6 Å². The minimum absolute atomic E-state index is 0.0606. The van der Waals surface area contributed by atoms with Crippen LogP contribution >= 0.6 is 0 Å². The Labute approximate surface area is 124 Å². The summed E-state index contributed by atoms with van der Waals surface area (Å²) in [5.74, 6) is 0.743. The Kier molecular flexibility index (Phi) is 3.96. The predicted octanol–water partition coefficient (Wildman–Crippen LogP) is 1.80. The lowest BCUT2D eigenvalue weighted by Gasteiger charge is -2.32. The minimum Gasteiger partial charge on any atom is -0.388 e. The molecule has 1 aliphatic heterocycles. The molecule has 0 radical (unpaired) electrons. The molecule has 110 valence electrons. The highest BCUT2D eigenvalue weighted by atomic mass is 16.5. The van der Waals surface area contributed by atoms with E-state index in [-0.39, 0.29) is 6.10 Å². The molecule has 1 saturated heterocycles. The van der Waals surface area contributed by atoms with Gasteiger partial charge in [-0.1, -0.05) is 0 Å². The number of anilines is 2. The van der Waals surface area contributed by atoms with E-state index >= 15 is 0 Å². The van der Waals surface area contributed by atoms with Gasteiger partial charge in [-0.2, -0.15) is 0 Å². The van der Waals surface area contributed by atoms with Crippen LogP contribution in [0.5, 0.6) is 0 Å². The van der Waals surface area contributed by atoms with Gasteiger partial charge in [0.15, 0.2) is 0 Å². The maximum absolute atomic E-state index is 5.88. The van der Waals surface area contributed by atoms with E-state index < -0.39 is 0 Å². The summed E-state index contributed by atoms with van der Waals surface area (Å²) >= 11 is 0. The largest absolute Gasteiger partial charge is 0.388 e. The molecule has 3 heterocycles. The van der Waals surface area contributed by atoms with E-state index in [1.807, 2.05) is 32.2 Å². The molecule has 3 rings (SSSR count). The van der Waals surface area contributed by atoms with Gasteiger partial charge in [0, 0.05) is 37.4 Å². The lowest BCUT2D eigenvalue weighted by molar-refractivity contribution is 0.0364. The number of hydrogen-bond donors (Lipinski definition) is 1. The van der Waals surface area contributed by atoms with Crippen molar-refractivity contribution in [2.24, 2.45) is 0 Å². The standard InChI is InChI=1S/C15H19N5O/c1-11-8-12(16-2)9-13(19-11)14-10-20(6-7-21-14)15-17-4-3-5-18-15/h3-5,8-9,14H,6-7,10H2,1-2H3,(H,16,19)/t14-/m1/s1. The second kappa shape index (κ2) is 6.05. The third kappa shape index (κ3) is 3.11. The zero-order valence-electron chi connectivity index (χ0n) is 12.3. The van der Waals surface area contributed by atoms with Gasteiger partial charge in [-0.3, -0.25) is 4.98 Å². The zero-order chi connectivity index (χ0) is 14.7. The minimum atomic E-state index is -0.0606. The van der Waals surface area contributed by atoms with Crippen LogP contribution < -0.4 is 10.2 Å². The summed E-state index contributed by atoms with van der Waals surface area (Å²) in [6, 6.07) is 5.88. The van der Waals surface area contributed by atoms with E-state index in [1.54, 1.807) is 12.4 Å². The Balaban J connectivity index is 1.81. The van der Waals surface area contributed by atoms with Crippen LogP contribution in [-0.4, -0.2) is 41.7 Å². The van der Waals surface area contributed by atoms with Crippen molar-refractivity contribution in [3.8, 4) is 0 Å². The molecule has 1 fully saturated rings. The Morgan fingerprint density at radius 3 is 2.86 bits per heavy atom. The second-order valence-electron chi connectivity index (χ2n) is 5.03. The lowest BCUT2D eigenvalue weighted by atomic mass is 10.1. The van der Waals surface area contributed by atoms with Crippen molar-refractivity contribution in [3.05, 3.63) is 42.0 Å². The van der Waals surface area contributed by atoms with Crippen LogP contribution in [0, 0.1) is 6.92 Å². The van der Waals surface area contributed by atoms with Gasteiger partial charge < -0.3 is 15.0 Å². The third-order valence-electron chi connectivity index (χ3n) is 3.49. The second-order valence-corrected chi connectivity index (χ2v) is 5.03. The van der Waals surface area contributed by atoms with Gasteiger partial charge in [-0.15, -0.1) is 0 Å². The summed E-state index contributed by atoms with van der Waals surface area (Å²) in [5, 5.41) is 3.16. The molecule has 0 unspecified atom stereocenters. The first-order valence-electron chi connectivity index (χ1n) is 7.06. The van der Waals surface area contributed by atoms with Gasteiger partial charge in [-0.05, 0) is 25.1 Å². The number of nitrogens with zero attached hydrogens (tertiary/aromatic N) is 4. The maximum Gasteiger partial charge on any atom is 0.225 e. The van der Waals surface area contributed by atoms with Gasteiger partial charge in [0.25, 0.3) is 0 Å². The molecular formula is C15H19N5O. The van der Waals surface area contributed by atoms with Gasteiger partial charge in [0.05, 0.1) is 18.8 Å². The van der Waals surface area contributed by atoms with Gasteiger partial charge >= 0.3 is 0 Å². The Hall–Kier alpha value is -2.21. The molecule has 0 amide bonds. The summed E-state index contributed by atoms with van der Waals surface area (Å²) in [6.07, 6.45) is 3.46.